The van der Waals surface area contributed by atoms with Gasteiger partial charge in [0.15, 0.2) is 0 Å². The number of aromatic nitrogens is 3. The molecule has 0 N–H and O–H groups in total. The molecule has 0 spiro atoms. The van der Waals surface area contributed by atoms with Crippen molar-refractivity contribution in [2.75, 3.05) is 6.61 Å². The molecular formula is C23H19N3O2. The fourth-order valence-electron chi connectivity index (χ4n) is 3.01. The molecule has 4 rings (SSSR count). The molecular weight excluding hydrogens is 350 g/mol. The molecule has 0 saturated carbocycles. The Morgan fingerprint density at radius 2 is 1.64 bits per heavy atom. The van der Waals surface area contributed by atoms with Crippen molar-refractivity contribution >= 4 is 5.97 Å². The molecule has 0 fully saturated rings. The van der Waals surface area contributed by atoms with Gasteiger partial charge in [-0.05, 0) is 49.4 Å². The molecule has 0 atom stereocenters. The lowest BCUT2D eigenvalue weighted by atomic mass is 10.1. The summed E-state index contributed by atoms with van der Waals surface area (Å²) in [7, 11) is 0. The van der Waals surface area contributed by atoms with Crippen molar-refractivity contribution in [1.29, 1.82) is 0 Å². The molecule has 5 nitrogen and oxygen atoms in total. The summed E-state index contributed by atoms with van der Waals surface area (Å²) in [6, 6.07) is 23.3. The summed E-state index contributed by atoms with van der Waals surface area (Å²) in [4.78, 5) is 16.0. The van der Waals surface area contributed by atoms with Crippen molar-refractivity contribution < 1.29 is 9.53 Å². The first kappa shape index (κ1) is 17.7. The number of nitrogens with zero attached hydrogens (tertiary/aromatic N) is 3. The second kappa shape index (κ2) is 7.88. The van der Waals surface area contributed by atoms with Crippen LogP contribution < -0.4 is 0 Å². The number of rotatable bonds is 5. The maximum Gasteiger partial charge on any atom is 0.338 e. The summed E-state index contributed by atoms with van der Waals surface area (Å²) < 4.78 is 6.95. The number of ether oxygens (including phenoxy) is 1. The molecule has 2 aromatic heterocycles. The van der Waals surface area contributed by atoms with E-state index in [-0.39, 0.29) is 5.97 Å². The van der Waals surface area contributed by atoms with Crippen LogP contribution in [0.1, 0.15) is 17.3 Å². The van der Waals surface area contributed by atoms with E-state index in [9.17, 15) is 4.79 Å². The second-order valence-electron chi connectivity index (χ2n) is 6.20. The number of hydrogen-bond donors (Lipinski definition) is 0. The smallest absolute Gasteiger partial charge is 0.338 e. The van der Waals surface area contributed by atoms with Gasteiger partial charge < -0.3 is 4.74 Å². The minimum Gasteiger partial charge on any atom is -0.462 e. The van der Waals surface area contributed by atoms with Gasteiger partial charge in [-0.3, -0.25) is 4.98 Å². The Kier molecular flexibility index (Phi) is 4.97. The van der Waals surface area contributed by atoms with Crippen LogP contribution >= 0.6 is 0 Å². The summed E-state index contributed by atoms with van der Waals surface area (Å²) >= 11 is 0. The van der Waals surface area contributed by atoms with Gasteiger partial charge in [-0.2, -0.15) is 5.10 Å². The van der Waals surface area contributed by atoms with Crippen molar-refractivity contribution in [3.8, 4) is 28.2 Å². The van der Waals surface area contributed by atoms with Gasteiger partial charge in [0.05, 0.1) is 29.2 Å². The van der Waals surface area contributed by atoms with Crippen LogP contribution in [0.2, 0.25) is 0 Å². The number of carbonyl (C=O) groups is 1. The Morgan fingerprint density at radius 3 is 2.32 bits per heavy atom. The van der Waals surface area contributed by atoms with Crippen LogP contribution in [0, 0.1) is 0 Å². The van der Waals surface area contributed by atoms with Crippen molar-refractivity contribution in [1.82, 2.24) is 14.8 Å². The molecule has 28 heavy (non-hydrogen) atoms. The number of esters is 1. The van der Waals surface area contributed by atoms with E-state index in [0.29, 0.717) is 12.2 Å². The first-order valence-corrected chi connectivity index (χ1v) is 9.09. The van der Waals surface area contributed by atoms with Crippen molar-refractivity contribution in [2.24, 2.45) is 0 Å². The zero-order valence-electron chi connectivity index (χ0n) is 15.4. The highest BCUT2D eigenvalue weighted by atomic mass is 16.5. The Hall–Kier alpha value is -3.73. The van der Waals surface area contributed by atoms with Crippen LogP contribution in [0.25, 0.3) is 28.2 Å². The van der Waals surface area contributed by atoms with E-state index < -0.39 is 0 Å². The highest BCUT2D eigenvalue weighted by Crippen LogP contribution is 2.28. The van der Waals surface area contributed by atoms with Crippen LogP contribution in [0.15, 0.2) is 85.2 Å². The molecule has 0 aliphatic carbocycles. The van der Waals surface area contributed by atoms with E-state index in [1.807, 2.05) is 47.1 Å². The van der Waals surface area contributed by atoms with Gasteiger partial charge in [-0.15, -0.1) is 0 Å². The standard InChI is InChI=1S/C23H19N3O2/c1-2-28-23(27)19-8-10-20(11-9-19)26-22(18-6-4-3-5-7-18)16-21(25-26)17-12-14-24-15-13-17/h3-16H,2H2,1H3. The van der Waals surface area contributed by atoms with Crippen molar-refractivity contribution in [2.45, 2.75) is 6.92 Å². The lowest BCUT2D eigenvalue weighted by Crippen LogP contribution is -2.05. The zero-order valence-corrected chi connectivity index (χ0v) is 15.4. The highest BCUT2D eigenvalue weighted by molar-refractivity contribution is 5.89. The lowest BCUT2D eigenvalue weighted by molar-refractivity contribution is 0.0526. The molecule has 138 valence electrons. The van der Waals surface area contributed by atoms with Crippen molar-refractivity contribution in [3.05, 3.63) is 90.8 Å². The van der Waals surface area contributed by atoms with E-state index in [1.54, 1.807) is 31.5 Å². The fourth-order valence-corrected chi connectivity index (χ4v) is 3.01. The molecule has 0 unspecified atom stereocenters. The minimum atomic E-state index is -0.324. The first-order valence-electron chi connectivity index (χ1n) is 9.09. The number of pyridine rings is 1. The normalized spacial score (nSPS) is 10.6. The van der Waals surface area contributed by atoms with Gasteiger partial charge in [0.25, 0.3) is 0 Å². The molecule has 2 heterocycles. The molecule has 0 amide bonds. The van der Waals surface area contributed by atoms with Gasteiger partial charge in [-0.25, -0.2) is 9.48 Å². The van der Waals surface area contributed by atoms with E-state index in [2.05, 4.69) is 23.2 Å². The van der Waals surface area contributed by atoms with Gasteiger partial charge >= 0.3 is 5.97 Å². The summed E-state index contributed by atoms with van der Waals surface area (Å²) in [5.41, 5.74) is 5.27. The molecule has 5 heteroatoms. The SMILES string of the molecule is CCOC(=O)c1ccc(-n2nc(-c3ccncc3)cc2-c2ccccc2)cc1. The topological polar surface area (TPSA) is 57.0 Å². The average Bonchev–Trinajstić information content (AvgIpc) is 3.21. The Labute approximate surface area is 163 Å². The predicted molar refractivity (Wildman–Crippen MR) is 108 cm³/mol. The van der Waals surface area contributed by atoms with Gasteiger partial charge in [0.2, 0.25) is 0 Å². The monoisotopic (exact) mass is 369 g/mol. The summed E-state index contributed by atoms with van der Waals surface area (Å²) in [6.07, 6.45) is 3.51. The molecule has 2 aromatic carbocycles. The Bertz CT molecular complexity index is 1070. The average molecular weight is 369 g/mol. The molecule has 0 radical (unpaired) electrons. The summed E-state index contributed by atoms with van der Waals surface area (Å²) in [5, 5.41) is 4.81. The molecule has 4 aromatic rings. The van der Waals surface area contributed by atoms with E-state index >= 15 is 0 Å². The Balaban J connectivity index is 1.79. The van der Waals surface area contributed by atoms with Crippen LogP contribution in [0.5, 0.6) is 0 Å². The zero-order chi connectivity index (χ0) is 19.3. The summed E-state index contributed by atoms with van der Waals surface area (Å²) in [6.45, 7) is 2.15. The number of carbonyl (C=O) groups excluding carboxylic acids is 1. The number of benzene rings is 2. The van der Waals surface area contributed by atoms with Gasteiger partial charge in [0, 0.05) is 23.5 Å². The molecule has 0 aliphatic rings. The van der Waals surface area contributed by atoms with Gasteiger partial charge in [0.1, 0.15) is 0 Å². The molecule has 0 aliphatic heterocycles. The molecule has 0 saturated heterocycles. The third-order valence-corrected chi connectivity index (χ3v) is 4.38. The maximum atomic E-state index is 11.9. The fraction of sp³-hybridized carbons (Fsp3) is 0.0870. The van der Waals surface area contributed by atoms with Crippen LogP contribution in [-0.4, -0.2) is 27.3 Å². The molecule has 0 bridgehead atoms. The minimum absolute atomic E-state index is 0.324. The third-order valence-electron chi connectivity index (χ3n) is 4.38. The highest BCUT2D eigenvalue weighted by Gasteiger charge is 2.14. The van der Waals surface area contributed by atoms with Crippen LogP contribution in [0.4, 0.5) is 0 Å². The Morgan fingerprint density at radius 1 is 0.929 bits per heavy atom. The van der Waals surface area contributed by atoms with Crippen LogP contribution in [-0.2, 0) is 4.74 Å². The number of hydrogen-bond acceptors (Lipinski definition) is 4. The maximum absolute atomic E-state index is 11.9. The largest absolute Gasteiger partial charge is 0.462 e. The van der Waals surface area contributed by atoms with Crippen LogP contribution in [0.3, 0.4) is 0 Å². The van der Waals surface area contributed by atoms with Gasteiger partial charge in [-0.1, -0.05) is 30.3 Å². The lowest BCUT2D eigenvalue weighted by Gasteiger charge is -2.08. The predicted octanol–water partition coefficient (Wildman–Crippen LogP) is 4.78. The van der Waals surface area contributed by atoms with E-state index in [1.165, 1.54) is 0 Å². The van der Waals surface area contributed by atoms with Crippen molar-refractivity contribution in [3.63, 3.8) is 0 Å². The second-order valence-corrected chi connectivity index (χ2v) is 6.20. The van der Waals surface area contributed by atoms with E-state index in [4.69, 9.17) is 9.84 Å². The van der Waals surface area contributed by atoms with E-state index in [0.717, 1.165) is 28.2 Å². The summed E-state index contributed by atoms with van der Waals surface area (Å²) in [5.74, 6) is -0.324. The quantitative estimate of drug-likeness (QED) is 0.475. The third kappa shape index (κ3) is 3.55. The first-order chi connectivity index (χ1) is 13.8.